The minimum Gasteiger partial charge on any atom is -0.493 e. The van der Waals surface area contributed by atoms with Crippen molar-refractivity contribution in [2.75, 3.05) is 13.2 Å². The first-order valence-electron chi connectivity index (χ1n) is 11.0. The molecule has 0 aliphatic carbocycles. The number of ether oxygens (including phenoxy) is 2. The van der Waals surface area contributed by atoms with Crippen LogP contribution in [-0.2, 0) is 38.2 Å². The third kappa shape index (κ3) is 8.20. The first-order chi connectivity index (χ1) is 16.3. The van der Waals surface area contributed by atoms with Crippen molar-refractivity contribution in [3.05, 3.63) is 95.6 Å². The van der Waals surface area contributed by atoms with Crippen molar-refractivity contribution < 1.29 is 32.0 Å². The number of carboxylic acids is 1. The molecule has 0 fully saturated rings. The molecule has 0 aliphatic rings. The van der Waals surface area contributed by atoms with Crippen molar-refractivity contribution in [3.8, 4) is 11.5 Å². The smallest absolute Gasteiger partial charge is 0.333 e. The van der Waals surface area contributed by atoms with Gasteiger partial charge in [0.05, 0.1) is 6.61 Å². The van der Waals surface area contributed by atoms with Crippen LogP contribution in [0.15, 0.2) is 78.9 Å². The fraction of sp³-hybridized carbons (Fsp3) is 0.269. The van der Waals surface area contributed by atoms with E-state index in [1.165, 1.54) is 0 Å². The average molecular weight is 485 g/mol. The van der Waals surface area contributed by atoms with Crippen molar-refractivity contribution >= 4 is 16.1 Å². The number of aliphatic carboxylic acids is 1. The predicted octanol–water partition coefficient (Wildman–Crippen LogP) is 4.25. The van der Waals surface area contributed by atoms with E-state index in [0.717, 1.165) is 11.1 Å². The van der Waals surface area contributed by atoms with Gasteiger partial charge in [0.2, 0.25) is 0 Å². The van der Waals surface area contributed by atoms with Gasteiger partial charge in [-0.1, -0.05) is 54.6 Å². The second-order valence-corrected chi connectivity index (χ2v) is 9.21. The lowest BCUT2D eigenvalue weighted by atomic mass is 10.1. The van der Waals surface area contributed by atoms with Gasteiger partial charge in [-0.2, -0.15) is 8.42 Å². The Kier molecular flexibility index (Phi) is 9.07. The maximum atomic E-state index is 12.3. The van der Waals surface area contributed by atoms with E-state index in [1.54, 1.807) is 67.6 Å². The molecule has 8 heteroatoms. The van der Waals surface area contributed by atoms with Crippen LogP contribution in [0.5, 0.6) is 11.5 Å². The highest BCUT2D eigenvalue weighted by Crippen LogP contribution is 2.18. The van der Waals surface area contributed by atoms with Crippen molar-refractivity contribution in [1.29, 1.82) is 0 Å². The summed E-state index contributed by atoms with van der Waals surface area (Å²) >= 11 is 0. The molecule has 0 saturated carbocycles. The van der Waals surface area contributed by atoms with E-state index in [4.69, 9.17) is 13.7 Å². The maximum Gasteiger partial charge on any atom is 0.333 e. The number of rotatable bonds is 13. The molecule has 3 aromatic rings. The molecule has 0 saturated heterocycles. The summed E-state index contributed by atoms with van der Waals surface area (Å²) in [4.78, 5) is 11.2. The Hall–Kier alpha value is -3.36. The predicted molar refractivity (Wildman–Crippen MR) is 129 cm³/mol. The molecule has 3 aromatic carbocycles. The SMILES string of the molecule is CCOC(Cc1ccc(OCCc2ccc(OS(=O)(=O)Cc3ccccc3)cc2)cc1)C(=O)O. The van der Waals surface area contributed by atoms with Gasteiger partial charge in [0.15, 0.2) is 6.10 Å². The molecule has 0 bridgehead atoms. The molecular formula is C26H28O7S. The molecule has 1 atom stereocenters. The van der Waals surface area contributed by atoms with Crippen LogP contribution in [-0.4, -0.2) is 38.8 Å². The van der Waals surface area contributed by atoms with E-state index in [1.807, 2.05) is 18.2 Å². The van der Waals surface area contributed by atoms with E-state index in [9.17, 15) is 18.3 Å². The summed E-state index contributed by atoms with van der Waals surface area (Å²) in [5, 5.41) is 9.19. The van der Waals surface area contributed by atoms with Crippen LogP contribution in [0.3, 0.4) is 0 Å². The molecule has 1 unspecified atom stereocenters. The van der Waals surface area contributed by atoms with Gasteiger partial charge in [0.1, 0.15) is 17.3 Å². The third-order valence-electron chi connectivity index (χ3n) is 4.98. The van der Waals surface area contributed by atoms with Crippen molar-refractivity contribution in [1.82, 2.24) is 0 Å². The zero-order chi connectivity index (χ0) is 24.4. The molecule has 180 valence electrons. The molecule has 0 aromatic heterocycles. The fourth-order valence-electron chi connectivity index (χ4n) is 3.31. The minimum absolute atomic E-state index is 0.190. The Labute approximate surface area is 200 Å². The number of hydrogen-bond acceptors (Lipinski definition) is 6. The van der Waals surface area contributed by atoms with Gasteiger partial charge in [0, 0.05) is 19.4 Å². The van der Waals surface area contributed by atoms with Gasteiger partial charge in [0.25, 0.3) is 0 Å². The lowest BCUT2D eigenvalue weighted by Gasteiger charge is -2.13. The lowest BCUT2D eigenvalue weighted by Crippen LogP contribution is -2.26. The molecule has 0 aliphatic heterocycles. The summed E-state index contributed by atoms with van der Waals surface area (Å²) in [5.41, 5.74) is 2.50. The van der Waals surface area contributed by atoms with Gasteiger partial charge in [-0.15, -0.1) is 0 Å². The van der Waals surface area contributed by atoms with Crippen LogP contribution in [0.25, 0.3) is 0 Å². The quantitative estimate of drug-likeness (QED) is 0.362. The van der Waals surface area contributed by atoms with Gasteiger partial charge in [-0.3, -0.25) is 0 Å². The van der Waals surface area contributed by atoms with E-state index >= 15 is 0 Å². The molecule has 7 nitrogen and oxygen atoms in total. The number of hydrogen-bond donors (Lipinski definition) is 1. The zero-order valence-corrected chi connectivity index (χ0v) is 19.7. The fourth-order valence-corrected chi connectivity index (χ4v) is 4.37. The molecule has 1 N–H and O–H groups in total. The highest BCUT2D eigenvalue weighted by molar-refractivity contribution is 7.86. The van der Waals surface area contributed by atoms with Crippen LogP contribution in [0.4, 0.5) is 0 Å². The van der Waals surface area contributed by atoms with Crippen molar-refractivity contribution in [3.63, 3.8) is 0 Å². The monoisotopic (exact) mass is 484 g/mol. The summed E-state index contributed by atoms with van der Waals surface area (Å²) in [5.74, 6) is -0.223. The number of carbonyl (C=O) groups is 1. The number of carboxylic acid groups (broad SMARTS) is 1. The molecule has 0 spiro atoms. The molecule has 0 radical (unpaired) electrons. The van der Waals surface area contributed by atoms with Crippen LogP contribution < -0.4 is 8.92 Å². The summed E-state index contributed by atoms with van der Waals surface area (Å²) in [7, 11) is -3.74. The van der Waals surface area contributed by atoms with Crippen LogP contribution >= 0.6 is 0 Å². The Morgan fingerprint density at radius 1 is 0.853 bits per heavy atom. The van der Waals surface area contributed by atoms with Gasteiger partial charge in [-0.05, 0) is 47.9 Å². The van der Waals surface area contributed by atoms with E-state index in [-0.39, 0.29) is 11.5 Å². The Bertz CT molecular complexity index is 1140. The van der Waals surface area contributed by atoms with Crippen LogP contribution in [0.2, 0.25) is 0 Å². The summed E-state index contributed by atoms with van der Waals surface area (Å²) in [6.07, 6.45) is 0.0560. The summed E-state index contributed by atoms with van der Waals surface area (Å²) in [6, 6.07) is 23.0. The maximum absolute atomic E-state index is 12.3. The second kappa shape index (κ2) is 12.2. The van der Waals surface area contributed by atoms with Crippen molar-refractivity contribution in [2.24, 2.45) is 0 Å². The standard InChI is InChI=1S/C26H28O7S/c1-2-31-25(26(27)28)18-21-10-12-23(13-11-21)32-17-16-20-8-14-24(15-9-20)33-34(29,30)19-22-6-4-3-5-7-22/h3-15,25H,2,16-19H2,1H3,(H,27,28). The third-order valence-corrected chi connectivity index (χ3v) is 6.11. The van der Waals surface area contributed by atoms with Crippen LogP contribution in [0.1, 0.15) is 23.6 Å². The van der Waals surface area contributed by atoms with E-state index in [2.05, 4.69) is 0 Å². The average Bonchev–Trinajstić information content (AvgIpc) is 2.81. The van der Waals surface area contributed by atoms with Crippen molar-refractivity contribution in [2.45, 2.75) is 31.6 Å². The summed E-state index contributed by atoms with van der Waals surface area (Å²) in [6.45, 7) is 2.54. The normalized spacial score (nSPS) is 12.1. The topological polar surface area (TPSA) is 99.1 Å². The first kappa shape index (κ1) is 25.3. The summed E-state index contributed by atoms with van der Waals surface area (Å²) < 4.78 is 40.7. The molecule has 3 rings (SSSR count). The molecule has 0 amide bonds. The highest BCUT2D eigenvalue weighted by Gasteiger charge is 2.18. The largest absolute Gasteiger partial charge is 0.493 e. The first-order valence-corrected chi connectivity index (χ1v) is 12.5. The molecule has 0 heterocycles. The molecule has 34 heavy (non-hydrogen) atoms. The highest BCUT2D eigenvalue weighted by atomic mass is 32.2. The van der Waals surface area contributed by atoms with Gasteiger partial charge in [-0.25, -0.2) is 4.79 Å². The second-order valence-electron chi connectivity index (χ2n) is 7.64. The number of benzene rings is 3. The lowest BCUT2D eigenvalue weighted by molar-refractivity contribution is -0.149. The van der Waals surface area contributed by atoms with Gasteiger partial charge >= 0.3 is 16.1 Å². The Balaban J connectivity index is 1.46. The Morgan fingerprint density at radius 3 is 2.09 bits per heavy atom. The zero-order valence-electron chi connectivity index (χ0n) is 18.9. The Morgan fingerprint density at radius 2 is 1.47 bits per heavy atom. The van der Waals surface area contributed by atoms with E-state index in [0.29, 0.717) is 37.4 Å². The van der Waals surface area contributed by atoms with Gasteiger partial charge < -0.3 is 18.8 Å². The van der Waals surface area contributed by atoms with Crippen LogP contribution in [0, 0.1) is 0 Å². The minimum atomic E-state index is -3.74. The molecular weight excluding hydrogens is 456 g/mol. The van der Waals surface area contributed by atoms with E-state index < -0.39 is 22.2 Å².